The van der Waals surface area contributed by atoms with E-state index in [4.69, 9.17) is 16.3 Å². The number of hydrogen-bond donors (Lipinski definition) is 0. The van der Waals surface area contributed by atoms with Gasteiger partial charge in [-0.15, -0.1) is 11.3 Å². The van der Waals surface area contributed by atoms with Crippen LogP contribution in [0.1, 0.15) is 9.67 Å². The van der Waals surface area contributed by atoms with Crippen LogP contribution in [0.4, 0.5) is 0 Å². The average Bonchev–Trinajstić information content (AvgIpc) is 2.97. The van der Waals surface area contributed by atoms with Crippen molar-refractivity contribution < 1.29 is 9.53 Å². The van der Waals surface area contributed by atoms with E-state index in [2.05, 4.69) is 4.98 Å². The number of morpholine rings is 1. The Hall–Kier alpha value is -1.43. The monoisotopic (exact) mass is 308 g/mol. The van der Waals surface area contributed by atoms with Crippen molar-refractivity contribution in [1.82, 2.24) is 9.88 Å². The van der Waals surface area contributed by atoms with Gasteiger partial charge in [-0.2, -0.15) is 0 Å². The maximum atomic E-state index is 12.3. The molecule has 4 nitrogen and oxygen atoms in total. The minimum absolute atomic E-state index is 0.0177. The van der Waals surface area contributed by atoms with Crippen molar-refractivity contribution in [2.45, 2.75) is 0 Å². The Bertz CT molecular complexity index is 623. The van der Waals surface area contributed by atoms with E-state index in [1.54, 1.807) is 11.1 Å². The first-order valence-electron chi connectivity index (χ1n) is 6.33. The Morgan fingerprint density at radius 1 is 1.30 bits per heavy atom. The lowest BCUT2D eigenvalue weighted by Crippen LogP contribution is -2.40. The fraction of sp³-hybridized carbons (Fsp3) is 0.286. The van der Waals surface area contributed by atoms with Crippen molar-refractivity contribution in [2.75, 3.05) is 26.3 Å². The van der Waals surface area contributed by atoms with Crippen LogP contribution in [0.5, 0.6) is 0 Å². The average molecular weight is 309 g/mol. The molecule has 104 valence electrons. The molecule has 1 aliphatic heterocycles. The third-order valence-corrected chi connectivity index (χ3v) is 4.47. The van der Waals surface area contributed by atoms with Crippen LogP contribution in [0.15, 0.2) is 30.5 Å². The number of aromatic nitrogens is 1. The second-order valence-corrected chi connectivity index (χ2v) is 5.85. The van der Waals surface area contributed by atoms with Crippen molar-refractivity contribution in [2.24, 2.45) is 0 Å². The van der Waals surface area contributed by atoms with Crippen LogP contribution >= 0.6 is 22.9 Å². The molecule has 0 aliphatic carbocycles. The highest BCUT2D eigenvalue weighted by Gasteiger charge is 2.21. The van der Waals surface area contributed by atoms with Gasteiger partial charge in [0, 0.05) is 18.7 Å². The Kier molecular flexibility index (Phi) is 4.00. The highest BCUT2D eigenvalue weighted by atomic mass is 35.5. The van der Waals surface area contributed by atoms with Crippen LogP contribution in [-0.2, 0) is 4.74 Å². The molecule has 1 fully saturated rings. The van der Waals surface area contributed by atoms with Gasteiger partial charge in [0.1, 0.15) is 9.88 Å². The van der Waals surface area contributed by atoms with Gasteiger partial charge >= 0.3 is 0 Å². The van der Waals surface area contributed by atoms with Gasteiger partial charge in [-0.05, 0) is 6.07 Å². The fourth-order valence-corrected chi connectivity index (χ4v) is 3.26. The Morgan fingerprint density at radius 3 is 2.80 bits per heavy atom. The SMILES string of the molecule is O=C(c1cnc(-c2ccccc2Cl)s1)N1CCOCC1. The van der Waals surface area contributed by atoms with Gasteiger partial charge in [0.2, 0.25) is 0 Å². The maximum absolute atomic E-state index is 12.3. The molecule has 20 heavy (non-hydrogen) atoms. The van der Waals surface area contributed by atoms with E-state index in [1.807, 2.05) is 24.3 Å². The van der Waals surface area contributed by atoms with E-state index < -0.39 is 0 Å². The molecule has 0 spiro atoms. The molecule has 0 radical (unpaired) electrons. The number of hydrogen-bond acceptors (Lipinski definition) is 4. The minimum Gasteiger partial charge on any atom is -0.378 e. The van der Waals surface area contributed by atoms with E-state index >= 15 is 0 Å². The van der Waals surface area contributed by atoms with Crippen LogP contribution in [0.25, 0.3) is 10.6 Å². The molecule has 1 aromatic heterocycles. The summed E-state index contributed by atoms with van der Waals surface area (Å²) in [5.74, 6) is 0.0177. The Morgan fingerprint density at radius 2 is 2.05 bits per heavy atom. The van der Waals surface area contributed by atoms with E-state index in [9.17, 15) is 4.79 Å². The number of rotatable bonds is 2. The summed E-state index contributed by atoms with van der Waals surface area (Å²) in [6.07, 6.45) is 1.63. The Labute approximate surface area is 126 Å². The van der Waals surface area contributed by atoms with Gasteiger partial charge in [0.05, 0.1) is 24.4 Å². The zero-order valence-electron chi connectivity index (χ0n) is 10.7. The van der Waals surface area contributed by atoms with E-state index in [-0.39, 0.29) is 5.91 Å². The Balaban J connectivity index is 1.83. The summed E-state index contributed by atoms with van der Waals surface area (Å²) in [6, 6.07) is 7.51. The zero-order valence-corrected chi connectivity index (χ0v) is 12.3. The molecule has 1 saturated heterocycles. The maximum Gasteiger partial charge on any atom is 0.265 e. The first kappa shape index (κ1) is 13.5. The van der Waals surface area contributed by atoms with Crippen molar-refractivity contribution in [3.8, 4) is 10.6 Å². The number of carbonyl (C=O) groups excluding carboxylic acids is 1. The number of halogens is 1. The molecule has 2 aromatic rings. The number of amides is 1. The van der Waals surface area contributed by atoms with Gasteiger partial charge < -0.3 is 9.64 Å². The third kappa shape index (κ3) is 2.70. The van der Waals surface area contributed by atoms with Crippen LogP contribution in [0.2, 0.25) is 5.02 Å². The molecular weight excluding hydrogens is 296 g/mol. The number of benzene rings is 1. The topological polar surface area (TPSA) is 42.4 Å². The van der Waals surface area contributed by atoms with Crippen molar-refractivity contribution in [3.05, 3.63) is 40.4 Å². The highest BCUT2D eigenvalue weighted by Crippen LogP contribution is 2.31. The van der Waals surface area contributed by atoms with Crippen molar-refractivity contribution in [1.29, 1.82) is 0 Å². The normalized spacial score (nSPS) is 15.3. The largest absolute Gasteiger partial charge is 0.378 e. The quantitative estimate of drug-likeness (QED) is 0.856. The first-order chi connectivity index (χ1) is 9.75. The van der Waals surface area contributed by atoms with E-state index in [1.165, 1.54) is 11.3 Å². The second kappa shape index (κ2) is 5.91. The summed E-state index contributed by atoms with van der Waals surface area (Å²) in [5, 5.41) is 1.42. The number of ether oxygens (including phenoxy) is 1. The second-order valence-electron chi connectivity index (χ2n) is 4.41. The minimum atomic E-state index is 0.0177. The molecule has 0 bridgehead atoms. The van der Waals surface area contributed by atoms with Crippen LogP contribution in [0.3, 0.4) is 0 Å². The molecule has 6 heteroatoms. The zero-order chi connectivity index (χ0) is 13.9. The van der Waals surface area contributed by atoms with Crippen LogP contribution in [-0.4, -0.2) is 42.1 Å². The molecule has 0 unspecified atom stereocenters. The van der Waals surface area contributed by atoms with Gasteiger partial charge in [0.25, 0.3) is 5.91 Å². The summed E-state index contributed by atoms with van der Waals surface area (Å²) in [7, 11) is 0. The van der Waals surface area contributed by atoms with E-state index in [0.717, 1.165) is 10.6 Å². The molecule has 0 saturated carbocycles. The smallest absolute Gasteiger partial charge is 0.265 e. The van der Waals surface area contributed by atoms with Crippen LogP contribution in [0, 0.1) is 0 Å². The first-order valence-corrected chi connectivity index (χ1v) is 7.53. The van der Waals surface area contributed by atoms with E-state index in [0.29, 0.717) is 36.2 Å². The lowest BCUT2D eigenvalue weighted by molar-refractivity contribution is 0.0306. The lowest BCUT2D eigenvalue weighted by Gasteiger charge is -2.26. The number of carbonyl (C=O) groups is 1. The molecule has 1 aliphatic rings. The molecule has 0 atom stereocenters. The summed E-state index contributed by atoms with van der Waals surface area (Å²) in [4.78, 5) is 19.1. The van der Waals surface area contributed by atoms with Crippen molar-refractivity contribution >= 4 is 28.8 Å². The van der Waals surface area contributed by atoms with Crippen molar-refractivity contribution in [3.63, 3.8) is 0 Å². The summed E-state index contributed by atoms with van der Waals surface area (Å²) >= 11 is 7.53. The summed E-state index contributed by atoms with van der Waals surface area (Å²) in [5.41, 5.74) is 0.861. The molecule has 0 N–H and O–H groups in total. The van der Waals surface area contributed by atoms with Gasteiger partial charge in [-0.1, -0.05) is 29.8 Å². The number of nitrogens with zero attached hydrogens (tertiary/aromatic N) is 2. The summed E-state index contributed by atoms with van der Waals surface area (Å²) < 4.78 is 5.25. The molecule has 1 amide bonds. The van der Waals surface area contributed by atoms with Gasteiger partial charge in [0.15, 0.2) is 0 Å². The standard InChI is InChI=1S/C14H13ClN2O2S/c15-11-4-2-1-3-10(11)13-16-9-12(20-13)14(18)17-5-7-19-8-6-17/h1-4,9H,5-8H2. The number of thiazole rings is 1. The molecule has 3 rings (SSSR count). The molecule has 1 aromatic carbocycles. The predicted molar refractivity (Wildman–Crippen MR) is 79.3 cm³/mol. The molecular formula is C14H13ClN2O2S. The lowest BCUT2D eigenvalue weighted by atomic mass is 10.2. The molecule has 2 heterocycles. The van der Waals surface area contributed by atoms with Gasteiger partial charge in [-0.3, -0.25) is 4.79 Å². The van der Waals surface area contributed by atoms with Crippen LogP contribution < -0.4 is 0 Å². The van der Waals surface area contributed by atoms with Gasteiger partial charge in [-0.25, -0.2) is 4.98 Å². The fourth-order valence-electron chi connectivity index (χ4n) is 2.05. The summed E-state index contributed by atoms with van der Waals surface area (Å²) in [6.45, 7) is 2.47. The highest BCUT2D eigenvalue weighted by molar-refractivity contribution is 7.17. The predicted octanol–water partition coefficient (Wildman–Crippen LogP) is 2.94. The third-order valence-electron chi connectivity index (χ3n) is 3.12.